The molecule has 0 aliphatic carbocycles. The third-order valence-electron chi connectivity index (χ3n) is 2.49. The number of nitrogens with one attached hydrogen (secondary N) is 2. The van der Waals surface area contributed by atoms with Gasteiger partial charge in [-0.3, -0.25) is 15.5 Å². The van der Waals surface area contributed by atoms with Gasteiger partial charge in [0.05, 0.1) is 4.92 Å². The molecular weight excluding hydrogens is 226 g/mol. The van der Waals surface area contributed by atoms with Gasteiger partial charge in [0.15, 0.2) is 0 Å². The summed E-state index contributed by atoms with van der Waals surface area (Å²) < 4.78 is 0. The number of aromatic nitrogens is 2. The van der Waals surface area contributed by atoms with E-state index in [0.717, 1.165) is 13.1 Å². The van der Waals surface area contributed by atoms with Crippen LogP contribution in [0.25, 0.3) is 0 Å². The molecule has 1 aliphatic rings. The number of nitrogens with two attached hydrogens (primary N) is 1. The summed E-state index contributed by atoms with van der Waals surface area (Å²) in [6.45, 7) is 2.88. The minimum atomic E-state index is -0.488. The number of hydrogen-bond acceptors (Lipinski definition) is 8. The fourth-order valence-corrected chi connectivity index (χ4v) is 1.67. The van der Waals surface area contributed by atoms with Gasteiger partial charge in [0.1, 0.15) is 6.20 Å². The van der Waals surface area contributed by atoms with Crippen molar-refractivity contribution in [2.24, 2.45) is 5.84 Å². The molecule has 9 heteroatoms. The minimum Gasteiger partial charge on any atom is -0.348 e. The molecule has 0 amide bonds. The van der Waals surface area contributed by atoms with Gasteiger partial charge in [-0.1, -0.05) is 0 Å². The molecule has 2 rings (SSSR count). The summed E-state index contributed by atoms with van der Waals surface area (Å²) >= 11 is 0. The molecule has 1 aromatic rings. The van der Waals surface area contributed by atoms with Crippen LogP contribution < -0.4 is 21.5 Å². The smallest absolute Gasteiger partial charge is 0.329 e. The highest BCUT2D eigenvalue weighted by molar-refractivity contribution is 5.59. The van der Waals surface area contributed by atoms with Crippen LogP contribution >= 0.6 is 0 Å². The highest BCUT2D eigenvalue weighted by Crippen LogP contribution is 2.25. The fraction of sp³-hybridized carbons (Fsp3) is 0.500. The van der Waals surface area contributed by atoms with Crippen molar-refractivity contribution in [3.8, 4) is 0 Å². The monoisotopic (exact) mass is 239 g/mol. The fourth-order valence-electron chi connectivity index (χ4n) is 1.67. The van der Waals surface area contributed by atoms with Gasteiger partial charge in [0.2, 0.25) is 11.8 Å². The molecular formula is C8H13N7O2. The maximum absolute atomic E-state index is 10.9. The first-order valence-corrected chi connectivity index (χ1v) is 5.16. The molecule has 0 radical (unpaired) electrons. The van der Waals surface area contributed by atoms with E-state index in [1.165, 1.54) is 6.20 Å². The highest BCUT2D eigenvalue weighted by Gasteiger charge is 2.23. The molecule has 9 nitrogen and oxygen atoms in total. The van der Waals surface area contributed by atoms with Crippen molar-refractivity contribution in [1.82, 2.24) is 15.3 Å². The topological polar surface area (TPSA) is 122 Å². The van der Waals surface area contributed by atoms with Gasteiger partial charge in [-0.05, 0) is 0 Å². The number of hydrazine groups is 1. The first kappa shape index (κ1) is 11.5. The molecule has 1 saturated heterocycles. The van der Waals surface area contributed by atoms with E-state index in [1.807, 2.05) is 4.90 Å². The van der Waals surface area contributed by atoms with E-state index in [-0.39, 0.29) is 11.6 Å². The molecule has 1 aliphatic heterocycles. The lowest BCUT2D eigenvalue weighted by Gasteiger charge is -2.27. The van der Waals surface area contributed by atoms with Crippen LogP contribution in [-0.4, -0.2) is 41.1 Å². The van der Waals surface area contributed by atoms with Crippen LogP contribution in [0.1, 0.15) is 0 Å². The normalized spacial score (nSPS) is 15.7. The van der Waals surface area contributed by atoms with E-state index in [0.29, 0.717) is 18.9 Å². The van der Waals surface area contributed by atoms with Crippen molar-refractivity contribution in [2.75, 3.05) is 36.5 Å². The Labute approximate surface area is 97.1 Å². The molecule has 0 saturated carbocycles. The van der Waals surface area contributed by atoms with E-state index in [9.17, 15) is 10.1 Å². The summed E-state index contributed by atoms with van der Waals surface area (Å²) in [4.78, 5) is 20.0. The van der Waals surface area contributed by atoms with E-state index < -0.39 is 4.92 Å². The van der Waals surface area contributed by atoms with E-state index >= 15 is 0 Å². The molecule has 17 heavy (non-hydrogen) atoms. The maximum Gasteiger partial charge on any atom is 0.329 e. The van der Waals surface area contributed by atoms with E-state index in [2.05, 4.69) is 20.7 Å². The van der Waals surface area contributed by atoms with Crippen LogP contribution in [0.15, 0.2) is 6.20 Å². The van der Waals surface area contributed by atoms with E-state index in [4.69, 9.17) is 5.84 Å². The summed E-state index contributed by atoms with van der Waals surface area (Å²) in [7, 11) is 0. The molecule has 4 N–H and O–H groups in total. The van der Waals surface area contributed by atoms with E-state index in [1.54, 1.807) is 0 Å². The van der Waals surface area contributed by atoms with Gasteiger partial charge < -0.3 is 10.2 Å². The van der Waals surface area contributed by atoms with Gasteiger partial charge in [0.25, 0.3) is 0 Å². The molecule has 1 aromatic heterocycles. The summed E-state index contributed by atoms with van der Waals surface area (Å²) in [6, 6.07) is 0. The lowest BCUT2D eigenvalue weighted by Crippen LogP contribution is -2.44. The second kappa shape index (κ2) is 4.89. The summed E-state index contributed by atoms with van der Waals surface area (Å²) in [6.07, 6.45) is 1.17. The Bertz CT molecular complexity index is 418. The van der Waals surface area contributed by atoms with Gasteiger partial charge in [-0.25, -0.2) is 10.8 Å². The average Bonchev–Trinajstić information content (AvgIpc) is 2.39. The Hall–Kier alpha value is -2.00. The number of rotatable bonds is 3. The minimum absolute atomic E-state index is 0.106. The Kier molecular flexibility index (Phi) is 3.30. The van der Waals surface area contributed by atoms with Crippen molar-refractivity contribution in [3.63, 3.8) is 0 Å². The zero-order valence-corrected chi connectivity index (χ0v) is 9.09. The van der Waals surface area contributed by atoms with Crippen LogP contribution in [0.2, 0.25) is 0 Å². The third kappa shape index (κ3) is 2.40. The van der Waals surface area contributed by atoms with Gasteiger partial charge >= 0.3 is 5.69 Å². The lowest BCUT2D eigenvalue weighted by atomic mass is 10.3. The number of anilines is 2. The first-order chi connectivity index (χ1) is 8.22. The number of nitrogens with zero attached hydrogens (tertiary/aromatic N) is 4. The van der Waals surface area contributed by atoms with Crippen molar-refractivity contribution in [2.45, 2.75) is 0 Å². The van der Waals surface area contributed by atoms with Gasteiger partial charge in [0, 0.05) is 26.2 Å². The molecule has 0 bridgehead atoms. The number of piperazine rings is 1. The summed E-state index contributed by atoms with van der Waals surface area (Å²) in [5.74, 6) is 5.67. The summed E-state index contributed by atoms with van der Waals surface area (Å²) in [5.41, 5.74) is 2.18. The second-order valence-electron chi connectivity index (χ2n) is 3.54. The SMILES string of the molecule is NNc1ncc([N+](=O)[O-])c(N2CCNCC2)n1. The largest absolute Gasteiger partial charge is 0.348 e. The van der Waals surface area contributed by atoms with Crippen molar-refractivity contribution >= 4 is 17.5 Å². The van der Waals surface area contributed by atoms with Crippen LogP contribution in [0.5, 0.6) is 0 Å². The van der Waals surface area contributed by atoms with Gasteiger partial charge in [-0.2, -0.15) is 4.98 Å². The second-order valence-corrected chi connectivity index (χ2v) is 3.54. The van der Waals surface area contributed by atoms with Crippen molar-refractivity contribution in [3.05, 3.63) is 16.3 Å². The Morgan fingerprint density at radius 1 is 1.53 bits per heavy atom. The number of nitro groups is 1. The standard InChI is InChI=1S/C8H13N7O2/c9-13-8-11-5-6(15(16)17)7(12-8)14-3-1-10-2-4-14/h5,10H,1-4,9H2,(H,11,12,13). The molecule has 0 unspecified atom stereocenters. The lowest BCUT2D eigenvalue weighted by molar-refractivity contribution is -0.384. The van der Waals surface area contributed by atoms with Crippen LogP contribution in [-0.2, 0) is 0 Å². The van der Waals surface area contributed by atoms with Crippen molar-refractivity contribution < 1.29 is 4.92 Å². The van der Waals surface area contributed by atoms with Crippen LogP contribution in [0.3, 0.4) is 0 Å². The Balaban J connectivity index is 2.36. The number of hydrogen-bond donors (Lipinski definition) is 3. The Morgan fingerprint density at radius 2 is 2.24 bits per heavy atom. The molecule has 2 heterocycles. The molecule has 1 fully saturated rings. The van der Waals surface area contributed by atoms with Crippen LogP contribution in [0, 0.1) is 10.1 Å². The molecule has 92 valence electrons. The molecule has 0 atom stereocenters. The zero-order valence-electron chi connectivity index (χ0n) is 9.09. The molecule has 0 aromatic carbocycles. The Morgan fingerprint density at radius 3 is 2.82 bits per heavy atom. The third-order valence-corrected chi connectivity index (χ3v) is 2.49. The average molecular weight is 239 g/mol. The summed E-state index contributed by atoms with van der Waals surface area (Å²) in [5, 5.41) is 14.1. The maximum atomic E-state index is 10.9. The van der Waals surface area contributed by atoms with Crippen LogP contribution in [0.4, 0.5) is 17.5 Å². The zero-order chi connectivity index (χ0) is 12.3. The predicted molar refractivity (Wildman–Crippen MR) is 61.6 cm³/mol. The predicted octanol–water partition coefficient (Wildman–Crippen LogP) is -0.920. The highest BCUT2D eigenvalue weighted by atomic mass is 16.6. The first-order valence-electron chi connectivity index (χ1n) is 5.16. The molecule has 0 spiro atoms. The number of nitrogen functional groups attached to an aromatic ring is 1. The quantitative estimate of drug-likeness (QED) is 0.351. The van der Waals surface area contributed by atoms with Gasteiger partial charge in [-0.15, -0.1) is 0 Å². The van der Waals surface area contributed by atoms with Crippen molar-refractivity contribution in [1.29, 1.82) is 0 Å².